The van der Waals surface area contributed by atoms with Crippen LogP contribution in [0.1, 0.15) is 31.7 Å². The zero-order valence-electron chi connectivity index (χ0n) is 14.4. The summed E-state index contributed by atoms with van der Waals surface area (Å²) in [6.07, 6.45) is 8.92. The number of amides is 2. The summed E-state index contributed by atoms with van der Waals surface area (Å²) < 4.78 is 1.71. The lowest BCUT2D eigenvalue weighted by atomic mass is 10.2. The molecule has 7 heteroatoms. The molecule has 2 N–H and O–H groups in total. The van der Waals surface area contributed by atoms with Crippen LogP contribution in [-0.4, -0.2) is 50.4 Å². The number of hydrogen-bond acceptors (Lipinski definition) is 4. The van der Waals surface area contributed by atoms with Crippen LogP contribution < -0.4 is 10.6 Å². The minimum atomic E-state index is -0.120. The molecule has 2 aromatic heterocycles. The Balaban J connectivity index is 1.32. The summed E-state index contributed by atoms with van der Waals surface area (Å²) in [4.78, 5) is 19.2. The van der Waals surface area contributed by atoms with Gasteiger partial charge in [0.15, 0.2) is 5.82 Å². The van der Waals surface area contributed by atoms with Crippen molar-refractivity contribution in [3.8, 4) is 5.82 Å². The number of pyridine rings is 1. The van der Waals surface area contributed by atoms with E-state index in [1.54, 1.807) is 17.1 Å². The van der Waals surface area contributed by atoms with E-state index >= 15 is 0 Å². The molecule has 132 valence electrons. The van der Waals surface area contributed by atoms with Gasteiger partial charge >= 0.3 is 6.03 Å². The van der Waals surface area contributed by atoms with Crippen molar-refractivity contribution in [3.05, 3.63) is 42.4 Å². The molecule has 1 aliphatic carbocycles. The van der Waals surface area contributed by atoms with Crippen LogP contribution in [0.15, 0.2) is 36.8 Å². The Hall–Kier alpha value is -2.41. The van der Waals surface area contributed by atoms with Gasteiger partial charge in [-0.15, -0.1) is 0 Å². The molecule has 0 aromatic carbocycles. The van der Waals surface area contributed by atoms with Crippen LogP contribution in [-0.2, 0) is 6.54 Å². The maximum absolute atomic E-state index is 12.3. The Morgan fingerprint density at radius 2 is 2.20 bits per heavy atom. The van der Waals surface area contributed by atoms with Crippen molar-refractivity contribution in [3.63, 3.8) is 0 Å². The standard InChI is InChI=1S/C18H24N6O/c1-13-10-15(12-23(13)16-5-6-16)22-18(25)20-11-14-4-2-7-19-17(14)24-9-3-8-21-24/h2-4,7-9,13,15-16H,5-6,10-12H2,1H3,(H2,20,22,25). The molecule has 2 amide bonds. The second kappa shape index (κ2) is 6.84. The fraction of sp³-hybridized carbons (Fsp3) is 0.500. The third-order valence-electron chi connectivity index (χ3n) is 5.00. The third-order valence-corrected chi connectivity index (χ3v) is 5.00. The largest absolute Gasteiger partial charge is 0.334 e. The van der Waals surface area contributed by atoms with Crippen LogP contribution in [0.4, 0.5) is 4.79 Å². The number of nitrogens with zero attached hydrogens (tertiary/aromatic N) is 4. The number of hydrogen-bond donors (Lipinski definition) is 2. The topological polar surface area (TPSA) is 75.1 Å². The van der Waals surface area contributed by atoms with E-state index in [1.165, 1.54) is 12.8 Å². The van der Waals surface area contributed by atoms with E-state index in [9.17, 15) is 4.79 Å². The highest BCUT2D eigenvalue weighted by Crippen LogP contribution is 2.33. The van der Waals surface area contributed by atoms with Gasteiger partial charge < -0.3 is 10.6 Å². The molecule has 3 heterocycles. The molecule has 1 aliphatic heterocycles. The number of likely N-dealkylation sites (tertiary alicyclic amines) is 1. The molecule has 4 rings (SSSR count). The van der Waals surface area contributed by atoms with E-state index < -0.39 is 0 Å². The number of carbonyl (C=O) groups is 1. The molecular formula is C18H24N6O. The van der Waals surface area contributed by atoms with Crippen LogP contribution in [0.2, 0.25) is 0 Å². The van der Waals surface area contributed by atoms with Crippen molar-refractivity contribution in [2.75, 3.05) is 6.54 Å². The van der Waals surface area contributed by atoms with Crippen LogP contribution in [0.3, 0.4) is 0 Å². The van der Waals surface area contributed by atoms with Crippen molar-refractivity contribution in [1.82, 2.24) is 30.3 Å². The molecule has 0 radical (unpaired) electrons. The SMILES string of the molecule is CC1CC(NC(=O)NCc2cccnc2-n2cccn2)CN1C1CC1. The summed E-state index contributed by atoms with van der Waals surface area (Å²) in [5.74, 6) is 0.738. The second-order valence-corrected chi connectivity index (χ2v) is 6.97. The predicted octanol–water partition coefficient (Wildman–Crippen LogP) is 1.69. The fourth-order valence-electron chi connectivity index (χ4n) is 3.66. The normalized spacial score (nSPS) is 23.6. The summed E-state index contributed by atoms with van der Waals surface area (Å²) in [5, 5.41) is 10.3. The Kier molecular flexibility index (Phi) is 4.40. The lowest BCUT2D eigenvalue weighted by Crippen LogP contribution is -2.43. The Morgan fingerprint density at radius 3 is 2.96 bits per heavy atom. The number of rotatable bonds is 5. The highest BCUT2D eigenvalue weighted by atomic mass is 16.2. The summed E-state index contributed by atoms with van der Waals surface area (Å²) in [6, 6.07) is 7.09. The Labute approximate surface area is 147 Å². The number of carbonyl (C=O) groups excluding carboxylic acids is 1. The number of aromatic nitrogens is 3. The van der Waals surface area contributed by atoms with Crippen molar-refractivity contribution in [2.45, 2.75) is 50.9 Å². The lowest BCUT2D eigenvalue weighted by Gasteiger charge is -2.19. The number of nitrogens with one attached hydrogen (secondary N) is 2. The molecule has 0 spiro atoms. The average molecular weight is 340 g/mol. The molecule has 1 saturated heterocycles. The van der Waals surface area contributed by atoms with Crippen LogP contribution in [0.5, 0.6) is 0 Å². The van der Waals surface area contributed by atoms with Gasteiger partial charge in [-0.3, -0.25) is 4.90 Å². The first-order valence-corrected chi connectivity index (χ1v) is 8.94. The maximum Gasteiger partial charge on any atom is 0.315 e. The van der Waals surface area contributed by atoms with Crippen molar-refractivity contribution in [2.24, 2.45) is 0 Å². The monoisotopic (exact) mass is 340 g/mol. The van der Waals surface area contributed by atoms with Gasteiger partial charge in [0, 0.05) is 55.4 Å². The van der Waals surface area contributed by atoms with Crippen LogP contribution in [0.25, 0.3) is 5.82 Å². The first kappa shape index (κ1) is 16.1. The molecule has 2 fully saturated rings. The number of urea groups is 1. The highest BCUT2D eigenvalue weighted by Gasteiger charge is 2.39. The zero-order valence-corrected chi connectivity index (χ0v) is 14.4. The smallest absolute Gasteiger partial charge is 0.315 e. The Bertz CT molecular complexity index is 727. The maximum atomic E-state index is 12.3. The van der Waals surface area contributed by atoms with E-state index in [0.29, 0.717) is 12.6 Å². The summed E-state index contributed by atoms with van der Waals surface area (Å²) in [6.45, 7) is 3.64. The van der Waals surface area contributed by atoms with Gasteiger partial charge in [-0.25, -0.2) is 14.5 Å². The summed E-state index contributed by atoms with van der Waals surface area (Å²) in [7, 11) is 0. The quantitative estimate of drug-likeness (QED) is 0.869. The average Bonchev–Trinajstić information content (AvgIpc) is 3.17. The third kappa shape index (κ3) is 3.66. The minimum Gasteiger partial charge on any atom is -0.334 e. The van der Waals surface area contributed by atoms with Gasteiger partial charge in [-0.1, -0.05) is 6.07 Å². The first-order chi connectivity index (χ1) is 12.2. The molecular weight excluding hydrogens is 316 g/mol. The van der Waals surface area contributed by atoms with Crippen molar-refractivity contribution in [1.29, 1.82) is 0 Å². The second-order valence-electron chi connectivity index (χ2n) is 6.97. The van der Waals surface area contributed by atoms with Gasteiger partial charge in [0.25, 0.3) is 0 Å². The minimum absolute atomic E-state index is 0.120. The lowest BCUT2D eigenvalue weighted by molar-refractivity contribution is 0.233. The fourth-order valence-corrected chi connectivity index (χ4v) is 3.66. The van der Waals surface area contributed by atoms with E-state index in [1.807, 2.05) is 24.4 Å². The zero-order chi connectivity index (χ0) is 17.2. The predicted molar refractivity (Wildman–Crippen MR) is 94.3 cm³/mol. The molecule has 2 aromatic rings. The molecule has 25 heavy (non-hydrogen) atoms. The van der Waals surface area contributed by atoms with Crippen molar-refractivity contribution < 1.29 is 4.79 Å². The Morgan fingerprint density at radius 1 is 1.32 bits per heavy atom. The molecule has 7 nitrogen and oxygen atoms in total. The molecule has 2 atom stereocenters. The van der Waals surface area contributed by atoms with Gasteiger partial charge in [-0.2, -0.15) is 5.10 Å². The molecule has 2 aliphatic rings. The van der Waals surface area contributed by atoms with Gasteiger partial charge in [0.05, 0.1) is 0 Å². The first-order valence-electron chi connectivity index (χ1n) is 8.94. The van der Waals surface area contributed by atoms with E-state index in [-0.39, 0.29) is 12.1 Å². The molecule has 2 unspecified atom stereocenters. The van der Waals surface area contributed by atoms with Crippen LogP contribution >= 0.6 is 0 Å². The van der Waals surface area contributed by atoms with Gasteiger partial charge in [0.1, 0.15) is 0 Å². The summed E-state index contributed by atoms with van der Waals surface area (Å²) >= 11 is 0. The van der Waals surface area contributed by atoms with Crippen LogP contribution in [0, 0.1) is 0 Å². The van der Waals surface area contributed by atoms with Gasteiger partial charge in [-0.05, 0) is 38.3 Å². The van der Waals surface area contributed by atoms with E-state index in [2.05, 4.69) is 32.5 Å². The molecule has 0 bridgehead atoms. The van der Waals surface area contributed by atoms with E-state index in [4.69, 9.17) is 0 Å². The van der Waals surface area contributed by atoms with E-state index in [0.717, 1.165) is 30.4 Å². The summed E-state index contributed by atoms with van der Waals surface area (Å²) in [5.41, 5.74) is 0.931. The van der Waals surface area contributed by atoms with Gasteiger partial charge in [0.2, 0.25) is 0 Å². The highest BCUT2D eigenvalue weighted by molar-refractivity contribution is 5.74. The molecule has 1 saturated carbocycles. The van der Waals surface area contributed by atoms with Crippen molar-refractivity contribution >= 4 is 6.03 Å².